The quantitative estimate of drug-likeness (QED) is 0.734. The molecule has 0 aliphatic heterocycles. The van der Waals surface area contributed by atoms with Gasteiger partial charge >= 0.3 is 5.69 Å². The maximum atomic E-state index is 11.9. The van der Waals surface area contributed by atoms with Crippen LogP contribution in [0.3, 0.4) is 0 Å². The van der Waals surface area contributed by atoms with Crippen LogP contribution < -0.4 is 5.69 Å². The van der Waals surface area contributed by atoms with Gasteiger partial charge in [-0.15, -0.1) is 0 Å². The van der Waals surface area contributed by atoms with Crippen LogP contribution in [-0.2, 0) is 6.54 Å². The summed E-state index contributed by atoms with van der Waals surface area (Å²) >= 11 is 0. The Labute approximate surface area is 91.7 Å². The minimum atomic E-state index is 0.122. The van der Waals surface area contributed by atoms with Crippen molar-refractivity contribution in [1.29, 1.82) is 0 Å². The summed E-state index contributed by atoms with van der Waals surface area (Å²) in [6.07, 6.45) is 6.06. The lowest BCUT2D eigenvalue weighted by Crippen LogP contribution is -2.27. The summed E-state index contributed by atoms with van der Waals surface area (Å²) in [4.78, 5) is 11.9. The predicted octanol–water partition coefficient (Wildman–Crippen LogP) is 2.67. The van der Waals surface area contributed by atoms with Crippen LogP contribution in [0.25, 0.3) is 0 Å². The first-order valence-corrected chi connectivity index (χ1v) is 5.87. The predicted molar refractivity (Wildman–Crippen MR) is 63.1 cm³/mol. The van der Waals surface area contributed by atoms with Crippen molar-refractivity contribution in [3.8, 4) is 0 Å². The van der Waals surface area contributed by atoms with E-state index in [1.165, 1.54) is 0 Å². The summed E-state index contributed by atoms with van der Waals surface area (Å²) in [5, 5.41) is 0. The lowest BCUT2D eigenvalue weighted by molar-refractivity contribution is 0.406. The first-order chi connectivity index (χ1) is 7.10. The summed E-state index contributed by atoms with van der Waals surface area (Å²) in [6, 6.07) is 0.250. The first kappa shape index (κ1) is 12.1. The molecule has 1 aromatic heterocycles. The van der Waals surface area contributed by atoms with E-state index in [0.717, 1.165) is 19.4 Å². The summed E-state index contributed by atoms with van der Waals surface area (Å²) < 4.78 is 3.61. The Morgan fingerprint density at radius 3 is 2.20 bits per heavy atom. The summed E-state index contributed by atoms with van der Waals surface area (Å²) in [6.45, 7) is 9.27. The molecule has 0 bridgehead atoms. The van der Waals surface area contributed by atoms with E-state index in [1.807, 2.05) is 30.8 Å². The third kappa shape index (κ3) is 2.74. The number of nitrogens with zero attached hydrogens (tertiary/aromatic N) is 2. The zero-order chi connectivity index (χ0) is 11.4. The fourth-order valence-electron chi connectivity index (χ4n) is 1.79. The van der Waals surface area contributed by atoms with Crippen LogP contribution in [0, 0.1) is 5.92 Å². The van der Waals surface area contributed by atoms with Gasteiger partial charge in [0.05, 0.1) is 0 Å². The average molecular weight is 210 g/mol. The average Bonchev–Trinajstić information content (AvgIpc) is 2.56. The highest BCUT2D eigenvalue weighted by Gasteiger charge is 2.09. The molecular weight excluding hydrogens is 188 g/mol. The maximum Gasteiger partial charge on any atom is 0.328 e. The Hall–Kier alpha value is -0.990. The van der Waals surface area contributed by atoms with Crippen molar-refractivity contribution in [3.05, 3.63) is 22.9 Å². The Kier molecular flexibility index (Phi) is 4.18. The van der Waals surface area contributed by atoms with Gasteiger partial charge in [0.2, 0.25) is 0 Å². The zero-order valence-corrected chi connectivity index (χ0v) is 10.2. The van der Waals surface area contributed by atoms with E-state index >= 15 is 0 Å². The molecule has 0 fully saturated rings. The Morgan fingerprint density at radius 2 is 1.80 bits per heavy atom. The van der Waals surface area contributed by atoms with Crippen LogP contribution in [0.2, 0.25) is 0 Å². The molecule has 0 amide bonds. The molecule has 0 atom stereocenters. The lowest BCUT2D eigenvalue weighted by Gasteiger charge is -2.12. The van der Waals surface area contributed by atoms with E-state index < -0.39 is 0 Å². The monoisotopic (exact) mass is 210 g/mol. The van der Waals surface area contributed by atoms with Crippen LogP contribution >= 0.6 is 0 Å². The number of imidazole rings is 1. The molecule has 15 heavy (non-hydrogen) atoms. The second kappa shape index (κ2) is 5.19. The van der Waals surface area contributed by atoms with Gasteiger partial charge in [0.1, 0.15) is 0 Å². The lowest BCUT2D eigenvalue weighted by atomic mass is 10.0. The van der Waals surface area contributed by atoms with Gasteiger partial charge in [-0.1, -0.05) is 26.7 Å². The second-order valence-electron chi connectivity index (χ2n) is 4.42. The fourth-order valence-corrected chi connectivity index (χ4v) is 1.79. The molecule has 0 unspecified atom stereocenters. The molecule has 0 N–H and O–H groups in total. The summed E-state index contributed by atoms with van der Waals surface area (Å²) in [5.74, 6) is 0.616. The third-order valence-corrected chi connectivity index (χ3v) is 3.04. The normalized spacial score (nSPS) is 11.6. The molecule has 86 valence electrons. The van der Waals surface area contributed by atoms with E-state index in [4.69, 9.17) is 0 Å². The number of hydrogen-bond acceptors (Lipinski definition) is 1. The molecule has 0 aromatic carbocycles. The second-order valence-corrected chi connectivity index (χ2v) is 4.42. The topological polar surface area (TPSA) is 26.9 Å². The molecule has 3 nitrogen and oxygen atoms in total. The van der Waals surface area contributed by atoms with E-state index in [2.05, 4.69) is 13.8 Å². The van der Waals surface area contributed by atoms with Crippen molar-refractivity contribution in [2.45, 2.75) is 53.1 Å². The van der Waals surface area contributed by atoms with E-state index in [0.29, 0.717) is 5.92 Å². The fraction of sp³-hybridized carbons (Fsp3) is 0.750. The van der Waals surface area contributed by atoms with Gasteiger partial charge in [-0.25, -0.2) is 4.79 Å². The van der Waals surface area contributed by atoms with Crippen molar-refractivity contribution in [1.82, 2.24) is 9.13 Å². The third-order valence-electron chi connectivity index (χ3n) is 3.04. The molecule has 0 aliphatic carbocycles. The smallest absolute Gasteiger partial charge is 0.299 e. The van der Waals surface area contributed by atoms with E-state index in [1.54, 1.807) is 4.57 Å². The number of rotatable bonds is 5. The molecule has 1 rings (SSSR count). The molecule has 0 saturated heterocycles. The molecule has 1 aromatic rings. The summed E-state index contributed by atoms with van der Waals surface area (Å²) in [7, 11) is 0. The Bertz CT molecular complexity index is 345. The van der Waals surface area contributed by atoms with Crippen molar-refractivity contribution < 1.29 is 0 Å². The van der Waals surface area contributed by atoms with Crippen molar-refractivity contribution in [2.24, 2.45) is 5.92 Å². The molecule has 0 radical (unpaired) electrons. The largest absolute Gasteiger partial charge is 0.328 e. The van der Waals surface area contributed by atoms with Gasteiger partial charge in [0.25, 0.3) is 0 Å². The molecule has 1 heterocycles. The van der Waals surface area contributed by atoms with Gasteiger partial charge in [0, 0.05) is 25.0 Å². The van der Waals surface area contributed by atoms with Gasteiger partial charge in [0.15, 0.2) is 0 Å². The highest BCUT2D eigenvalue weighted by Crippen LogP contribution is 2.10. The maximum absolute atomic E-state index is 11.9. The van der Waals surface area contributed by atoms with Crippen LogP contribution in [-0.4, -0.2) is 9.13 Å². The van der Waals surface area contributed by atoms with Crippen LogP contribution in [0.15, 0.2) is 17.2 Å². The first-order valence-electron chi connectivity index (χ1n) is 5.87. The van der Waals surface area contributed by atoms with Gasteiger partial charge in [-0.05, 0) is 19.8 Å². The van der Waals surface area contributed by atoms with Crippen LogP contribution in [0.4, 0.5) is 0 Å². The zero-order valence-electron chi connectivity index (χ0n) is 10.2. The standard InChI is InChI=1S/C12H22N2O/c1-5-11(6-2)9-13-7-8-14(10(3)4)12(13)15/h7-8,10-11H,5-6,9H2,1-4H3. The minimum Gasteiger partial charge on any atom is -0.299 e. The van der Waals surface area contributed by atoms with Gasteiger partial charge < -0.3 is 0 Å². The van der Waals surface area contributed by atoms with Crippen molar-refractivity contribution in [2.75, 3.05) is 0 Å². The van der Waals surface area contributed by atoms with Crippen molar-refractivity contribution >= 4 is 0 Å². The van der Waals surface area contributed by atoms with Gasteiger partial charge in [-0.3, -0.25) is 9.13 Å². The molecule has 0 spiro atoms. The number of hydrogen-bond donors (Lipinski definition) is 0. The van der Waals surface area contributed by atoms with Crippen LogP contribution in [0.1, 0.15) is 46.6 Å². The van der Waals surface area contributed by atoms with E-state index in [9.17, 15) is 4.79 Å². The highest BCUT2D eigenvalue weighted by atomic mass is 16.1. The molecule has 3 heteroatoms. The Morgan fingerprint density at radius 1 is 1.20 bits per heavy atom. The minimum absolute atomic E-state index is 0.122. The van der Waals surface area contributed by atoms with Gasteiger partial charge in [-0.2, -0.15) is 0 Å². The molecular formula is C12H22N2O. The molecule has 0 aliphatic rings. The number of aromatic nitrogens is 2. The van der Waals surface area contributed by atoms with E-state index in [-0.39, 0.29) is 11.7 Å². The summed E-state index contributed by atoms with van der Waals surface area (Å²) in [5.41, 5.74) is 0.122. The highest BCUT2D eigenvalue weighted by molar-refractivity contribution is 4.84. The van der Waals surface area contributed by atoms with Crippen LogP contribution in [0.5, 0.6) is 0 Å². The molecule has 0 saturated carbocycles. The Balaban J connectivity index is 2.83. The van der Waals surface area contributed by atoms with Crippen molar-refractivity contribution in [3.63, 3.8) is 0 Å². The SMILES string of the molecule is CCC(CC)Cn1ccn(C(C)C)c1=O.